The predicted octanol–water partition coefficient (Wildman–Crippen LogP) is 3.40. The van der Waals surface area contributed by atoms with Crippen LogP contribution in [0.15, 0.2) is 41.0 Å². The van der Waals surface area contributed by atoms with Gasteiger partial charge in [0.1, 0.15) is 11.5 Å². The van der Waals surface area contributed by atoms with Gasteiger partial charge in [-0.2, -0.15) is 0 Å². The van der Waals surface area contributed by atoms with Crippen molar-refractivity contribution in [2.24, 2.45) is 5.73 Å². The number of rotatable bonds is 3. The number of aromatic nitrogens is 1. The molecule has 88 valence electrons. The second-order valence-electron chi connectivity index (χ2n) is 3.66. The van der Waals surface area contributed by atoms with Crippen LogP contribution in [0.2, 0.25) is 0 Å². The predicted molar refractivity (Wildman–Crippen MR) is 71.1 cm³/mol. The van der Waals surface area contributed by atoms with Crippen molar-refractivity contribution in [3.63, 3.8) is 0 Å². The third kappa shape index (κ3) is 2.84. The molecule has 1 heterocycles. The zero-order valence-corrected chi connectivity index (χ0v) is 11.1. The van der Waals surface area contributed by atoms with Crippen molar-refractivity contribution in [1.82, 2.24) is 4.98 Å². The summed E-state index contributed by atoms with van der Waals surface area (Å²) in [7, 11) is 0. The van der Waals surface area contributed by atoms with Gasteiger partial charge in [-0.1, -0.05) is 15.9 Å². The molecule has 0 unspecified atom stereocenters. The van der Waals surface area contributed by atoms with Gasteiger partial charge in [0.05, 0.1) is 5.69 Å². The van der Waals surface area contributed by atoms with E-state index in [4.69, 9.17) is 10.5 Å². The molecule has 0 radical (unpaired) electrons. The largest absolute Gasteiger partial charge is 0.455 e. The lowest BCUT2D eigenvalue weighted by atomic mass is 10.2. The van der Waals surface area contributed by atoms with Crippen LogP contribution in [0.4, 0.5) is 0 Å². The van der Waals surface area contributed by atoms with E-state index in [9.17, 15) is 0 Å². The molecule has 0 bridgehead atoms. The van der Waals surface area contributed by atoms with Gasteiger partial charge in [0.2, 0.25) is 0 Å². The van der Waals surface area contributed by atoms with Crippen LogP contribution in [-0.2, 0) is 6.54 Å². The first-order chi connectivity index (χ1) is 8.20. The molecule has 1 aromatic heterocycles. The minimum Gasteiger partial charge on any atom is -0.455 e. The number of hydrogen-bond acceptors (Lipinski definition) is 3. The van der Waals surface area contributed by atoms with Crippen LogP contribution in [0, 0.1) is 6.92 Å². The van der Waals surface area contributed by atoms with Gasteiger partial charge in [0, 0.05) is 17.2 Å². The molecule has 0 spiro atoms. The summed E-state index contributed by atoms with van der Waals surface area (Å²) in [5, 5.41) is 0. The summed E-state index contributed by atoms with van der Waals surface area (Å²) < 4.78 is 6.86. The van der Waals surface area contributed by atoms with Gasteiger partial charge >= 0.3 is 0 Å². The molecule has 17 heavy (non-hydrogen) atoms. The van der Waals surface area contributed by atoms with Crippen molar-refractivity contribution in [3.8, 4) is 11.5 Å². The molecule has 2 rings (SSSR count). The summed E-state index contributed by atoms with van der Waals surface area (Å²) in [6.07, 6.45) is 1.71. The lowest BCUT2D eigenvalue weighted by Gasteiger charge is -2.11. The lowest BCUT2D eigenvalue weighted by Crippen LogP contribution is -2.02. The van der Waals surface area contributed by atoms with E-state index >= 15 is 0 Å². The molecule has 4 heteroatoms. The number of nitrogens with two attached hydrogens (primary N) is 1. The number of ether oxygens (including phenoxy) is 1. The van der Waals surface area contributed by atoms with Crippen molar-refractivity contribution >= 4 is 15.9 Å². The van der Waals surface area contributed by atoms with Gasteiger partial charge in [-0.25, -0.2) is 0 Å². The molecule has 0 amide bonds. The van der Waals surface area contributed by atoms with E-state index in [1.165, 1.54) is 0 Å². The summed E-state index contributed by atoms with van der Waals surface area (Å²) in [6, 6.07) is 9.58. The number of halogens is 1. The molecule has 0 atom stereocenters. The average molecular weight is 293 g/mol. The van der Waals surface area contributed by atoms with Crippen LogP contribution in [0.3, 0.4) is 0 Å². The molecule has 0 saturated carbocycles. The van der Waals surface area contributed by atoms with Gasteiger partial charge in [-0.15, -0.1) is 0 Å². The quantitative estimate of drug-likeness (QED) is 0.943. The van der Waals surface area contributed by atoms with Gasteiger partial charge in [0.15, 0.2) is 0 Å². The van der Waals surface area contributed by atoms with E-state index in [0.29, 0.717) is 12.3 Å². The van der Waals surface area contributed by atoms with Crippen molar-refractivity contribution in [1.29, 1.82) is 0 Å². The number of benzene rings is 1. The molecule has 2 N–H and O–H groups in total. The second kappa shape index (κ2) is 5.29. The van der Waals surface area contributed by atoms with Gasteiger partial charge in [-0.3, -0.25) is 4.98 Å². The maximum absolute atomic E-state index is 5.82. The third-order valence-corrected chi connectivity index (χ3v) is 2.89. The summed E-state index contributed by atoms with van der Waals surface area (Å²) in [4.78, 5) is 4.18. The number of nitrogens with zero attached hydrogens (tertiary/aromatic N) is 1. The van der Waals surface area contributed by atoms with E-state index in [0.717, 1.165) is 21.5 Å². The zero-order valence-electron chi connectivity index (χ0n) is 9.48. The minimum absolute atomic E-state index is 0.367. The number of pyridine rings is 1. The van der Waals surface area contributed by atoms with Gasteiger partial charge in [-0.05, 0) is 42.8 Å². The fourth-order valence-corrected chi connectivity index (χ4v) is 1.99. The summed E-state index contributed by atoms with van der Waals surface area (Å²) in [5.41, 5.74) is 7.44. The summed E-state index contributed by atoms with van der Waals surface area (Å²) in [5.74, 6) is 1.52. The van der Waals surface area contributed by atoms with Gasteiger partial charge < -0.3 is 10.5 Å². The zero-order chi connectivity index (χ0) is 12.3. The SMILES string of the molecule is Cc1cc(Br)ccc1Oc1cccnc1CN. The fraction of sp³-hybridized carbons (Fsp3) is 0.154. The Hall–Kier alpha value is -1.39. The molecule has 0 fully saturated rings. The smallest absolute Gasteiger partial charge is 0.150 e. The van der Waals surface area contributed by atoms with E-state index in [1.807, 2.05) is 37.3 Å². The van der Waals surface area contributed by atoms with E-state index in [2.05, 4.69) is 20.9 Å². The number of aryl methyl sites for hydroxylation is 1. The third-order valence-electron chi connectivity index (χ3n) is 2.40. The Morgan fingerprint density at radius 2 is 2.12 bits per heavy atom. The first-order valence-corrected chi connectivity index (χ1v) is 6.08. The van der Waals surface area contributed by atoms with Crippen LogP contribution in [0.5, 0.6) is 11.5 Å². The summed E-state index contributed by atoms with van der Waals surface area (Å²) >= 11 is 3.42. The molecule has 1 aromatic carbocycles. The Labute approximate surface area is 109 Å². The Kier molecular flexibility index (Phi) is 3.76. The average Bonchev–Trinajstić information content (AvgIpc) is 2.33. The molecular weight excluding hydrogens is 280 g/mol. The van der Waals surface area contributed by atoms with E-state index in [1.54, 1.807) is 6.20 Å². The first kappa shape index (κ1) is 12.1. The monoisotopic (exact) mass is 292 g/mol. The maximum Gasteiger partial charge on any atom is 0.150 e. The Morgan fingerprint density at radius 1 is 1.29 bits per heavy atom. The highest BCUT2D eigenvalue weighted by Gasteiger charge is 2.06. The first-order valence-electron chi connectivity index (χ1n) is 5.28. The molecule has 0 aliphatic carbocycles. The van der Waals surface area contributed by atoms with Crippen LogP contribution in [0.1, 0.15) is 11.3 Å². The van der Waals surface area contributed by atoms with Crippen LogP contribution in [-0.4, -0.2) is 4.98 Å². The van der Waals surface area contributed by atoms with Gasteiger partial charge in [0.25, 0.3) is 0 Å². The maximum atomic E-state index is 5.82. The van der Waals surface area contributed by atoms with E-state index < -0.39 is 0 Å². The highest BCUT2D eigenvalue weighted by molar-refractivity contribution is 9.10. The van der Waals surface area contributed by atoms with E-state index in [-0.39, 0.29) is 0 Å². The molecule has 0 aliphatic heterocycles. The van der Waals surface area contributed by atoms with Crippen molar-refractivity contribution < 1.29 is 4.74 Å². The summed E-state index contributed by atoms with van der Waals surface area (Å²) in [6.45, 7) is 2.37. The Morgan fingerprint density at radius 3 is 2.82 bits per heavy atom. The minimum atomic E-state index is 0.367. The lowest BCUT2D eigenvalue weighted by molar-refractivity contribution is 0.469. The van der Waals surface area contributed by atoms with Crippen LogP contribution >= 0.6 is 15.9 Å². The topological polar surface area (TPSA) is 48.1 Å². The van der Waals surface area contributed by atoms with Crippen molar-refractivity contribution in [2.75, 3.05) is 0 Å². The fourth-order valence-electron chi connectivity index (χ4n) is 1.52. The molecule has 3 nitrogen and oxygen atoms in total. The molecule has 0 aliphatic rings. The molecular formula is C13H13BrN2O. The normalized spacial score (nSPS) is 10.3. The van der Waals surface area contributed by atoms with Crippen LogP contribution in [0.25, 0.3) is 0 Å². The molecule has 2 aromatic rings. The second-order valence-corrected chi connectivity index (χ2v) is 4.58. The number of hydrogen-bond donors (Lipinski definition) is 1. The Bertz CT molecular complexity index is 529. The molecule has 0 saturated heterocycles. The van der Waals surface area contributed by atoms with Crippen molar-refractivity contribution in [3.05, 3.63) is 52.3 Å². The van der Waals surface area contributed by atoms with Crippen molar-refractivity contribution in [2.45, 2.75) is 13.5 Å². The Balaban J connectivity index is 2.31. The highest BCUT2D eigenvalue weighted by atomic mass is 79.9. The van der Waals surface area contributed by atoms with Crippen LogP contribution < -0.4 is 10.5 Å². The highest BCUT2D eigenvalue weighted by Crippen LogP contribution is 2.28. The standard InChI is InChI=1S/C13H13BrN2O/c1-9-7-10(14)4-5-12(9)17-13-3-2-6-16-11(13)8-15/h2-7H,8,15H2,1H3.